The normalized spacial score (nSPS) is 20.0. The summed E-state index contributed by atoms with van der Waals surface area (Å²) in [4.78, 5) is 31.2. The number of alkyl halides is 2. The smallest absolute Gasteiger partial charge is 0.212 e. The third kappa shape index (κ3) is 8.78. The number of hydrogen-bond donors (Lipinski definition) is 4. The van der Waals surface area contributed by atoms with Crippen molar-refractivity contribution in [2.45, 2.75) is 43.9 Å². The number of aryl methyl sites for hydroxylation is 1. The molecule has 1 aromatic carbocycles. The predicted molar refractivity (Wildman–Crippen MR) is 203 cm³/mol. The number of pyridine rings is 3. The molecule has 2 aliphatic rings. The zero-order chi connectivity index (χ0) is 36.7. The van der Waals surface area contributed by atoms with Crippen LogP contribution in [0.3, 0.4) is 0 Å². The summed E-state index contributed by atoms with van der Waals surface area (Å²) in [6, 6.07) is 15.6. The second kappa shape index (κ2) is 16.0. The van der Waals surface area contributed by atoms with Gasteiger partial charge in [-0.2, -0.15) is 0 Å². The lowest BCUT2D eigenvalue weighted by atomic mass is 9.96. The van der Waals surface area contributed by atoms with Gasteiger partial charge >= 0.3 is 0 Å². The van der Waals surface area contributed by atoms with E-state index >= 15 is 0 Å². The van der Waals surface area contributed by atoms with Crippen molar-refractivity contribution in [2.24, 2.45) is 0 Å². The average Bonchev–Trinajstić information content (AvgIpc) is 3.20. The molecule has 0 saturated carbocycles. The molecule has 7 heterocycles. The Kier molecular flexibility index (Phi) is 10.9. The maximum Gasteiger partial charge on any atom is 0.212 e. The number of methoxy groups -OCH3 is 1. The molecule has 8 rings (SSSR count). The molecule has 0 radical (unpaired) electrons. The largest absolute Gasteiger partial charge is 0.481 e. The van der Waals surface area contributed by atoms with E-state index in [1.165, 1.54) is 5.56 Å². The molecule has 6 aromatic rings. The molecule has 274 valence electrons. The second-order valence-corrected chi connectivity index (χ2v) is 13.6. The van der Waals surface area contributed by atoms with Gasteiger partial charge in [-0.1, -0.05) is 29.8 Å². The topological polar surface area (TPSA) is 148 Å². The highest BCUT2D eigenvalue weighted by Gasteiger charge is 2.33. The zero-order valence-corrected chi connectivity index (χ0v) is 29.9. The Morgan fingerprint density at radius 3 is 1.66 bits per heavy atom. The third-order valence-electron chi connectivity index (χ3n) is 9.49. The van der Waals surface area contributed by atoms with Crippen LogP contribution in [0.4, 0.5) is 20.4 Å². The first-order valence-electron chi connectivity index (χ1n) is 17.9. The lowest BCUT2D eigenvalue weighted by Gasteiger charge is -2.30. The molecular weight excluding hydrogens is 677 g/mol. The zero-order valence-electron chi connectivity index (χ0n) is 29.9. The SMILES string of the molecule is COc1ccc(-c2cc3nccnc3c(NCC3(F)CCCNC3)n2)cn1.Cc1ccc(-c2cc3nccnc3c(NCC3(F)CCCNC3)n2)cc1. The van der Waals surface area contributed by atoms with E-state index in [1.807, 2.05) is 30.3 Å². The Hall–Kier alpha value is -5.47. The van der Waals surface area contributed by atoms with Gasteiger partial charge in [0.1, 0.15) is 22.4 Å². The molecule has 0 bridgehead atoms. The molecule has 0 aliphatic carbocycles. The standard InChI is InChI=1S/C20H22FN5.C19H21FN6O/c1-14-3-5-15(6-4-14)16-11-17-18(24-10-9-23-17)19(26-16)25-13-20(21)7-2-8-22-12-20;1-27-16-4-3-13(10-24-16)14-9-15-17(23-8-7-22-15)18(26-14)25-12-19(20)5-2-6-21-11-19/h3-6,9-11,22H,2,7-8,12-13H2,1H3,(H,25,26);3-4,7-10,21H,2,5-6,11-12H2,1H3,(H,25,26). The molecule has 4 N–H and O–H groups in total. The molecule has 53 heavy (non-hydrogen) atoms. The van der Waals surface area contributed by atoms with Crippen molar-refractivity contribution in [3.63, 3.8) is 0 Å². The molecule has 12 nitrogen and oxygen atoms in total. The fourth-order valence-corrected chi connectivity index (χ4v) is 6.51. The van der Waals surface area contributed by atoms with Gasteiger partial charge in [-0.3, -0.25) is 9.97 Å². The Bertz CT molecular complexity index is 2140. The quantitative estimate of drug-likeness (QED) is 0.137. The van der Waals surface area contributed by atoms with E-state index in [0.717, 1.165) is 48.3 Å². The van der Waals surface area contributed by atoms with Crippen LogP contribution in [0.2, 0.25) is 0 Å². The molecule has 5 aromatic heterocycles. The Morgan fingerprint density at radius 2 is 1.19 bits per heavy atom. The van der Waals surface area contributed by atoms with Crippen molar-refractivity contribution in [1.82, 2.24) is 45.5 Å². The minimum Gasteiger partial charge on any atom is -0.481 e. The van der Waals surface area contributed by atoms with Gasteiger partial charge in [-0.15, -0.1) is 0 Å². The minimum atomic E-state index is -1.30. The average molecular weight is 720 g/mol. The van der Waals surface area contributed by atoms with E-state index in [2.05, 4.69) is 70.2 Å². The lowest BCUT2D eigenvalue weighted by Crippen LogP contribution is -2.46. The van der Waals surface area contributed by atoms with Gasteiger partial charge in [0.2, 0.25) is 5.88 Å². The molecular formula is C39H43F2N11O. The van der Waals surface area contributed by atoms with Crippen molar-refractivity contribution >= 4 is 33.7 Å². The van der Waals surface area contributed by atoms with E-state index < -0.39 is 11.3 Å². The summed E-state index contributed by atoms with van der Waals surface area (Å²) < 4.78 is 35.0. The van der Waals surface area contributed by atoms with Crippen LogP contribution in [-0.2, 0) is 0 Å². The highest BCUT2D eigenvalue weighted by molar-refractivity contribution is 5.89. The molecule has 2 unspecified atom stereocenters. The lowest BCUT2D eigenvalue weighted by molar-refractivity contribution is 0.137. The fourth-order valence-electron chi connectivity index (χ4n) is 6.51. The number of nitrogens with zero attached hydrogens (tertiary/aromatic N) is 7. The highest BCUT2D eigenvalue weighted by atomic mass is 19.1. The molecule has 2 fully saturated rings. The molecule has 2 atom stereocenters. The van der Waals surface area contributed by atoms with Crippen molar-refractivity contribution in [1.29, 1.82) is 0 Å². The Balaban J connectivity index is 0.000000164. The van der Waals surface area contributed by atoms with Crippen LogP contribution in [0, 0.1) is 6.92 Å². The molecule has 2 aliphatic heterocycles. The molecule has 0 spiro atoms. The van der Waals surface area contributed by atoms with Gasteiger partial charge in [-0.05, 0) is 63.9 Å². The van der Waals surface area contributed by atoms with Crippen molar-refractivity contribution in [3.05, 3.63) is 85.1 Å². The summed E-state index contributed by atoms with van der Waals surface area (Å²) in [6.45, 7) is 4.86. The maximum atomic E-state index is 15.0. The van der Waals surface area contributed by atoms with E-state index in [0.29, 0.717) is 65.7 Å². The Labute approximate surface area is 306 Å². The van der Waals surface area contributed by atoms with Gasteiger partial charge < -0.3 is 26.0 Å². The summed E-state index contributed by atoms with van der Waals surface area (Å²) in [5.74, 6) is 1.63. The van der Waals surface area contributed by atoms with Gasteiger partial charge in [0, 0.05) is 61.3 Å². The van der Waals surface area contributed by atoms with Crippen LogP contribution >= 0.6 is 0 Å². The summed E-state index contributed by atoms with van der Waals surface area (Å²) in [6.07, 6.45) is 11.0. The van der Waals surface area contributed by atoms with E-state index in [4.69, 9.17) is 9.72 Å². The highest BCUT2D eigenvalue weighted by Crippen LogP contribution is 2.29. The number of nitrogens with one attached hydrogen (secondary N) is 4. The summed E-state index contributed by atoms with van der Waals surface area (Å²) in [5, 5.41) is 12.6. The number of halogens is 2. The van der Waals surface area contributed by atoms with E-state index in [-0.39, 0.29) is 13.1 Å². The molecule has 14 heteroatoms. The Morgan fingerprint density at radius 1 is 0.679 bits per heavy atom. The minimum absolute atomic E-state index is 0.170. The summed E-state index contributed by atoms with van der Waals surface area (Å²) >= 11 is 0. The van der Waals surface area contributed by atoms with Crippen LogP contribution in [0.5, 0.6) is 5.88 Å². The first-order chi connectivity index (χ1) is 25.8. The van der Waals surface area contributed by atoms with E-state index in [9.17, 15) is 8.78 Å². The summed E-state index contributed by atoms with van der Waals surface area (Å²) in [5.41, 5.74) is 4.65. The number of ether oxygens (including phenoxy) is 1. The van der Waals surface area contributed by atoms with Crippen LogP contribution in [0.15, 0.2) is 79.5 Å². The maximum absolute atomic E-state index is 15.0. The number of fused-ring (bicyclic) bond motifs is 2. The molecule has 0 amide bonds. The number of anilines is 2. The third-order valence-corrected chi connectivity index (χ3v) is 9.49. The number of hydrogen-bond acceptors (Lipinski definition) is 12. The van der Waals surface area contributed by atoms with Crippen LogP contribution in [0.25, 0.3) is 44.6 Å². The summed E-state index contributed by atoms with van der Waals surface area (Å²) in [7, 11) is 1.57. The van der Waals surface area contributed by atoms with Crippen LogP contribution in [-0.4, -0.2) is 92.6 Å². The number of piperidine rings is 2. The first-order valence-corrected chi connectivity index (χ1v) is 17.9. The van der Waals surface area contributed by atoms with Crippen LogP contribution in [0.1, 0.15) is 31.2 Å². The number of benzene rings is 1. The predicted octanol–water partition coefficient (Wildman–Crippen LogP) is 6.10. The van der Waals surface area contributed by atoms with Gasteiger partial charge in [0.05, 0.1) is 42.6 Å². The monoisotopic (exact) mass is 719 g/mol. The van der Waals surface area contributed by atoms with Crippen molar-refractivity contribution in [3.8, 4) is 28.4 Å². The van der Waals surface area contributed by atoms with E-state index in [1.54, 1.807) is 44.2 Å². The van der Waals surface area contributed by atoms with Gasteiger partial charge in [0.25, 0.3) is 0 Å². The van der Waals surface area contributed by atoms with Crippen molar-refractivity contribution in [2.75, 3.05) is 57.0 Å². The van der Waals surface area contributed by atoms with Gasteiger partial charge in [0.15, 0.2) is 11.6 Å². The first kappa shape index (κ1) is 35.9. The fraction of sp³-hybridized carbons (Fsp3) is 0.359. The second-order valence-electron chi connectivity index (χ2n) is 13.6. The number of aromatic nitrogens is 7. The van der Waals surface area contributed by atoms with Gasteiger partial charge in [-0.25, -0.2) is 33.7 Å². The van der Waals surface area contributed by atoms with Crippen molar-refractivity contribution < 1.29 is 13.5 Å². The molecule has 2 saturated heterocycles. The van der Waals surface area contributed by atoms with Crippen LogP contribution < -0.4 is 26.0 Å². The number of rotatable bonds is 9.